The van der Waals surface area contributed by atoms with Gasteiger partial charge in [-0.05, 0) is 30.7 Å². The van der Waals surface area contributed by atoms with Crippen molar-refractivity contribution in [2.45, 2.75) is 19.9 Å². The molecule has 0 amide bonds. The van der Waals surface area contributed by atoms with Crippen molar-refractivity contribution in [2.75, 3.05) is 5.88 Å². The maximum Gasteiger partial charge on any atom is 0.111 e. The number of hydrogen-bond acceptors (Lipinski definition) is 2. The zero-order valence-electron chi connectivity index (χ0n) is 11.7. The molecular formula is C16H15Cl2N3. The first-order valence-electron chi connectivity index (χ1n) is 6.81. The summed E-state index contributed by atoms with van der Waals surface area (Å²) in [6.45, 7) is 2.74. The van der Waals surface area contributed by atoms with Crippen molar-refractivity contribution in [2.24, 2.45) is 0 Å². The number of imidazole rings is 1. The third-order valence-corrected chi connectivity index (χ3v) is 4.05. The predicted octanol–water partition coefficient (Wildman–Crippen LogP) is 4.22. The van der Waals surface area contributed by atoms with E-state index in [1.165, 1.54) is 5.56 Å². The van der Waals surface area contributed by atoms with Gasteiger partial charge in [-0.3, -0.25) is 4.98 Å². The van der Waals surface area contributed by atoms with Crippen LogP contribution in [0, 0.1) is 6.92 Å². The molecule has 3 nitrogen and oxygen atoms in total. The zero-order chi connectivity index (χ0) is 14.8. The molecule has 0 atom stereocenters. The first-order valence-corrected chi connectivity index (χ1v) is 7.72. The highest BCUT2D eigenvalue weighted by Crippen LogP contribution is 2.25. The van der Waals surface area contributed by atoms with Crippen LogP contribution in [0.3, 0.4) is 0 Å². The van der Waals surface area contributed by atoms with E-state index in [0.29, 0.717) is 23.9 Å². The van der Waals surface area contributed by atoms with Gasteiger partial charge in [-0.25, -0.2) is 4.98 Å². The van der Waals surface area contributed by atoms with E-state index in [-0.39, 0.29) is 0 Å². The van der Waals surface area contributed by atoms with E-state index in [2.05, 4.69) is 27.5 Å². The first kappa shape index (κ1) is 14.4. The molecule has 0 aliphatic heterocycles. The van der Waals surface area contributed by atoms with Gasteiger partial charge in [-0.1, -0.05) is 23.7 Å². The summed E-state index contributed by atoms with van der Waals surface area (Å²) < 4.78 is 2.15. The molecule has 0 unspecified atom stereocenters. The molecule has 0 spiro atoms. The Morgan fingerprint density at radius 1 is 1.19 bits per heavy atom. The average molecular weight is 320 g/mol. The Hall–Kier alpha value is -1.58. The molecule has 0 saturated carbocycles. The molecule has 5 heteroatoms. The van der Waals surface area contributed by atoms with Gasteiger partial charge in [-0.15, -0.1) is 11.6 Å². The normalized spacial score (nSPS) is 11.2. The highest BCUT2D eigenvalue weighted by molar-refractivity contribution is 6.34. The molecule has 0 N–H and O–H groups in total. The number of halogens is 2. The highest BCUT2D eigenvalue weighted by Gasteiger charge is 2.14. The van der Waals surface area contributed by atoms with Gasteiger partial charge in [0.15, 0.2) is 0 Å². The Kier molecular flexibility index (Phi) is 4.13. The van der Waals surface area contributed by atoms with E-state index in [4.69, 9.17) is 23.2 Å². The lowest BCUT2D eigenvalue weighted by Crippen LogP contribution is -2.08. The second-order valence-corrected chi connectivity index (χ2v) is 5.71. The molecule has 0 aliphatic rings. The van der Waals surface area contributed by atoms with Crippen molar-refractivity contribution >= 4 is 34.2 Å². The molecule has 3 aromatic rings. The maximum absolute atomic E-state index is 6.25. The number of aromatic nitrogens is 3. The molecule has 0 bridgehead atoms. The lowest BCUT2D eigenvalue weighted by atomic mass is 10.2. The van der Waals surface area contributed by atoms with E-state index in [1.54, 1.807) is 0 Å². The van der Waals surface area contributed by atoms with Crippen LogP contribution in [0.25, 0.3) is 11.0 Å². The molecule has 0 fully saturated rings. The lowest BCUT2D eigenvalue weighted by Gasteiger charge is -2.10. The zero-order valence-corrected chi connectivity index (χ0v) is 13.2. The minimum atomic E-state index is 0.530. The van der Waals surface area contributed by atoms with Crippen LogP contribution in [0.15, 0.2) is 36.5 Å². The quantitative estimate of drug-likeness (QED) is 0.674. The van der Waals surface area contributed by atoms with Crippen LogP contribution in [0.5, 0.6) is 0 Å². The maximum atomic E-state index is 6.25. The molecule has 2 aromatic heterocycles. The number of alkyl halides is 1. The summed E-state index contributed by atoms with van der Waals surface area (Å²) >= 11 is 12.2. The summed E-state index contributed by atoms with van der Waals surface area (Å²) in [6.07, 6.45) is 2.52. The van der Waals surface area contributed by atoms with E-state index in [0.717, 1.165) is 22.6 Å². The van der Waals surface area contributed by atoms with Gasteiger partial charge in [0, 0.05) is 18.5 Å². The summed E-state index contributed by atoms with van der Waals surface area (Å²) in [6, 6.07) is 9.84. The number of fused-ring (bicyclic) bond motifs is 1. The number of benzene rings is 1. The van der Waals surface area contributed by atoms with Crippen molar-refractivity contribution in [3.05, 3.63) is 58.6 Å². The highest BCUT2D eigenvalue weighted by atomic mass is 35.5. The number of para-hydroxylation sites is 1. The Balaban J connectivity index is 2.13. The Morgan fingerprint density at radius 2 is 2.05 bits per heavy atom. The lowest BCUT2D eigenvalue weighted by molar-refractivity contribution is 0.733. The van der Waals surface area contributed by atoms with Gasteiger partial charge in [-0.2, -0.15) is 0 Å². The second-order valence-electron chi connectivity index (χ2n) is 4.93. The number of pyridine rings is 1. The molecule has 0 radical (unpaired) electrons. The largest absolute Gasteiger partial charge is 0.322 e. The molecule has 3 rings (SSSR count). The summed E-state index contributed by atoms with van der Waals surface area (Å²) in [4.78, 5) is 9.12. The number of rotatable bonds is 4. The van der Waals surface area contributed by atoms with Crippen LogP contribution >= 0.6 is 23.2 Å². The summed E-state index contributed by atoms with van der Waals surface area (Å²) in [5.41, 5.74) is 4.05. The summed E-state index contributed by atoms with van der Waals surface area (Å²) in [5.74, 6) is 1.47. The molecule has 108 valence electrons. The fourth-order valence-corrected chi connectivity index (χ4v) is 2.83. The van der Waals surface area contributed by atoms with Crippen LogP contribution in [-0.4, -0.2) is 20.4 Å². The SMILES string of the molecule is Cc1cccnc1Cn1c(CCCl)nc2c(Cl)cccc21. The Bertz CT molecular complexity index is 780. The number of aryl methyl sites for hydroxylation is 2. The second kappa shape index (κ2) is 6.04. The fraction of sp³-hybridized carbons (Fsp3) is 0.250. The molecule has 1 aromatic carbocycles. The number of hydrogen-bond donors (Lipinski definition) is 0. The summed E-state index contributed by atoms with van der Waals surface area (Å²) in [5, 5.41) is 0.666. The van der Waals surface area contributed by atoms with E-state index in [9.17, 15) is 0 Å². The van der Waals surface area contributed by atoms with Crippen LogP contribution in [0.2, 0.25) is 5.02 Å². The third kappa shape index (κ3) is 2.76. The van der Waals surface area contributed by atoms with E-state index >= 15 is 0 Å². The predicted molar refractivity (Wildman–Crippen MR) is 87.2 cm³/mol. The van der Waals surface area contributed by atoms with Gasteiger partial charge in [0.05, 0.1) is 22.8 Å². The molecule has 21 heavy (non-hydrogen) atoms. The van der Waals surface area contributed by atoms with Crippen LogP contribution in [-0.2, 0) is 13.0 Å². The number of nitrogens with zero attached hydrogens (tertiary/aromatic N) is 3. The van der Waals surface area contributed by atoms with Gasteiger partial charge in [0.1, 0.15) is 11.3 Å². The third-order valence-electron chi connectivity index (χ3n) is 3.55. The van der Waals surface area contributed by atoms with Gasteiger partial charge in [0.25, 0.3) is 0 Å². The molecule has 0 aliphatic carbocycles. The topological polar surface area (TPSA) is 30.7 Å². The van der Waals surface area contributed by atoms with E-state index in [1.807, 2.05) is 30.5 Å². The average Bonchev–Trinajstić information content (AvgIpc) is 2.82. The monoisotopic (exact) mass is 319 g/mol. The van der Waals surface area contributed by atoms with Crippen molar-refractivity contribution in [3.63, 3.8) is 0 Å². The minimum absolute atomic E-state index is 0.530. The van der Waals surface area contributed by atoms with E-state index < -0.39 is 0 Å². The van der Waals surface area contributed by atoms with Crippen LogP contribution in [0.1, 0.15) is 17.1 Å². The van der Waals surface area contributed by atoms with Crippen molar-refractivity contribution in [3.8, 4) is 0 Å². The van der Waals surface area contributed by atoms with Crippen molar-refractivity contribution in [1.82, 2.24) is 14.5 Å². The van der Waals surface area contributed by atoms with Crippen LogP contribution < -0.4 is 0 Å². The molecular weight excluding hydrogens is 305 g/mol. The van der Waals surface area contributed by atoms with Crippen molar-refractivity contribution < 1.29 is 0 Å². The fourth-order valence-electron chi connectivity index (χ4n) is 2.45. The minimum Gasteiger partial charge on any atom is -0.322 e. The van der Waals surface area contributed by atoms with Gasteiger partial charge >= 0.3 is 0 Å². The van der Waals surface area contributed by atoms with Crippen molar-refractivity contribution in [1.29, 1.82) is 0 Å². The Morgan fingerprint density at radius 3 is 2.81 bits per heavy atom. The van der Waals surface area contributed by atoms with Gasteiger partial charge < -0.3 is 4.57 Å². The molecule has 0 saturated heterocycles. The summed E-state index contributed by atoms with van der Waals surface area (Å²) in [7, 11) is 0. The van der Waals surface area contributed by atoms with Crippen LogP contribution in [0.4, 0.5) is 0 Å². The Labute approximate surface area is 133 Å². The first-order chi connectivity index (χ1) is 10.2. The smallest absolute Gasteiger partial charge is 0.111 e. The molecule has 2 heterocycles. The van der Waals surface area contributed by atoms with Gasteiger partial charge in [0.2, 0.25) is 0 Å². The standard InChI is InChI=1S/C16H15Cl2N3/c1-11-4-3-9-19-13(11)10-21-14-6-2-5-12(18)16(14)20-15(21)7-8-17/h2-6,9H,7-8,10H2,1H3.